The van der Waals surface area contributed by atoms with Crippen molar-refractivity contribution in [3.05, 3.63) is 24.3 Å². The fourth-order valence-electron chi connectivity index (χ4n) is 1.42. The van der Waals surface area contributed by atoms with E-state index in [0.717, 1.165) is 11.4 Å². The largest absolute Gasteiger partial charge is 0.482 e. The normalized spacial score (nSPS) is 14.9. The lowest BCUT2D eigenvalue weighted by molar-refractivity contribution is -0.121. The smallest absolute Gasteiger partial charge is 0.265 e. The van der Waals surface area contributed by atoms with Gasteiger partial charge in [-0.3, -0.25) is 9.69 Å². The molecule has 74 valence electrons. The van der Waals surface area contributed by atoms with Crippen molar-refractivity contribution in [1.29, 1.82) is 0 Å². The number of thioether (sulfide) groups is 1. The van der Waals surface area contributed by atoms with Crippen LogP contribution in [0.1, 0.15) is 0 Å². The third-order valence-electron chi connectivity index (χ3n) is 2.07. The van der Waals surface area contributed by atoms with Crippen LogP contribution in [0.15, 0.2) is 24.3 Å². The number of hydrogen-bond acceptors (Lipinski definition) is 3. The maximum atomic E-state index is 11.5. The van der Waals surface area contributed by atoms with Crippen molar-refractivity contribution in [3.8, 4) is 5.75 Å². The number of ether oxygens (including phenoxy) is 1. The monoisotopic (exact) mass is 209 g/mol. The number of amides is 1. The predicted octanol–water partition coefficient (Wildman–Crippen LogP) is 1.73. The second kappa shape index (κ2) is 3.92. The van der Waals surface area contributed by atoms with Gasteiger partial charge in [-0.2, -0.15) is 0 Å². The summed E-state index contributed by atoms with van der Waals surface area (Å²) in [5.74, 6) is 1.50. The van der Waals surface area contributed by atoms with Crippen LogP contribution in [-0.4, -0.2) is 24.6 Å². The molecule has 2 rings (SSSR count). The van der Waals surface area contributed by atoms with Crippen molar-refractivity contribution in [2.75, 3.05) is 23.6 Å². The predicted molar refractivity (Wildman–Crippen MR) is 57.8 cm³/mol. The third-order valence-corrected chi connectivity index (χ3v) is 2.58. The minimum absolute atomic E-state index is 0.0260. The van der Waals surface area contributed by atoms with Gasteiger partial charge >= 0.3 is 0 Å². The van der Waals surface area contributed by atoms with Gasteiger partial charge in [0.25, 0.3) is 5.91 Å². The summed E-state index contributed by atoms with van der Waals surface area (Å²) in [7, 11) is 0. The average molecular weight is 209 g/mol. The first-order chi connectivity index (χ1) is 6.83. The number of fused-ring (bicyclic) bond motifs is 1. The van der Waals surface area contributed by atoms with Gasteiger partial charge in [-0.25, -0.2) is 0 Å². The molecule has 0 aliphatic carbocycles. The van der Waals surface area contributed by atoms with Crippen molar-refractivity contribution in [2.45, 2.75) is 0 Å². The summed E-state index contributed by atoms with van der Waals surface area (Å²) >= 11 is 1.63. The molecule has 0 spiro atoms. The highest BCUT2D eigenvalue weighted by Gasteiger charge is 2.24. The van der Waals surface area contributed by atoms with Crippen LogP contribution in [0, 0.1) is 0 Å². The van der Waals surface area contributed by atoms with Crippen molar-refractivity contribution >= 4 is 23.4 Å². The fourth-order valence-corrected chi connectivity index (χ4v) is 1.97. The molecule has 0 aromatic heterocycles. The van der Waals surface area contributed by atoms with E-state index in [2.05, 4.69) is 0 Å². The standard InChI is InChI=1S/C10H11NO2S/c1-14-7-11-8-4-2-3-5-9(8)13-6-10(11)12/h2-5H,6-7H2,1H3. The Labute approximate surface area is 87.0 Å². The maximum Gasteiger partial charge on any atom is 0.265 e. The molecule has 14 heavy (non-hydrogen) atoms. The van der Waals surface area contributed by atoms with Crippen molar-refractivity contribution in [2.24, 2.45) is 0 Å². The van der Waals surface area contributed by atoms with Crippen LogP contribution in [0.5, 0.6) is 5.75 Å². The number of benzene rings is 1. The van der Waals surface area contributed by atoms with E-state index in [4.69, 9.17) is 4.74 Å². The Morgan fingerprint density at radius 3 is 3.07 bits per heavy atom. The highest BCUT2D eigenvalue weighted by molar-refractivity contribution is 7.98. The number of nitrogens with zero attached hydrogens (tertiary/aromatic N) is 1. The molecule has 0 bridgehead atoms. The number of anilines is 1. The molecular weight excluding hydrogens is 198 g/mol. The molecule has 3 nitrogen and oxygen atoms in total. The molecule has 0 unspecified atom stereocenters. The van der Waals surface area contributed by atoms with E-state index in [1.807, 2.05) is 30.5 Å². The van der Waals surface area contributed by atoms with Crippen LogP contribution < -0.4 is 9.64 Å². The third kappa shape index (κ3) is 1.57. The number of carbonyl (C=O) groups excluding carboxylic acids is 1. The van der Waals surface area contributed by atoms with E-state index in [1.54, 1.807) is 16.7 Å². The second-order valence-corrected chi connectivity index (χ2v) is 3.83. The Morgan fingerprint density at radius 2 is 2.29 bits per heavy atom. The van der Waals surface area contributed by atoms with Crippen LogP contribution >= 0.6 is 11.8 Å². The first-order valence-electron chi connectivity index (χ1n) is 4.34. The van der Waals surface area contributed by atoms with Crippen molar-refractivity contribution < 1.29 is 9.53 Å². The van der Waals surface area contributed by atoms with E-state index >= 15 is 0 Å². The molecule has 0 fully saturated rings. The minimum atomic E-state index is 0.0260. The Bertz CT molecular complexity index is 354. The highest BCUT2D eigenvalue weighted by Crippen LogP contribution is 2.31. The van der Waals surface area contributed by atoms with Gasteiger partial charge in [-0.15, -0.1) is 11.8 Å². The molecule has 0 radical (unpaired) electrons. The van der Waals surface area contributed by atoms with Crippen LogP contribution in [0.2, 0.25) is 0 Å². The zero-order valence-electron chi connectivity index (χ0n) is 7.90. The van der Waals surface area contributed by atoms with Gasteiger partial charge in [0.15, 0.2) is 6.61 Å². The molecular formula is C10H11NO2S. The minimum Gasteiger partial charge on any atom is -0.482 e. The highest BCUT2D eigenvalue weighted by atomic mass is 32.2. The number of para-hydroxylation sites is 2. The fraction of sp³-hybridized carbons (Fsp3) is 0.300. The average Bonchev–Trinajstić information content (AvgIpc) is 2.23. The lowest BCUT2D eigenvalue weighted by Crippen LogP contribution is -2.38. The lowest BCUT2D eigenvalue weighted by Gasteiger charge is -2.28. The van der Waals surface area contributed by atoms with Gasteiger partial charge in [-0.1, -0.05) is 12.1 Å². The van der Waals surface area contributed by atoms with Crippen molar-refractivity contribution in [1.82, 2.24) is 0 Å². The zero-order chi connectivity index (χ0) is 9.97. The van der Waals surface area contributed by atoms with E-state index in [0.29, 0.717) is 5.88 Å². The first kappa shape index (κ1) is 9.40. The Morgan fingerprint density at radius 1 is 1.50 bits per heavy atom. The Balaban J connectivity index is 2.36. The van der Waals surface area contributed by atoms with Crippen LogP contribution in [0.25, 0.3) is 0 Å². The van der Waals surface area contributed by atoms with Crippen molar-refractivity contribution in [3.63, 3.8) is 0 Å². The summed E-state index contributed by atoms with van der Waals surface area (Å²) in [5.41, 5.74) is 0.873. The molecule has 0 N–H and O–H groups in total. The van der Waals surface area contributed by atoms with Crippen LogP contribution in [0.4, 0.5) is 5.69 Å². The molecule has 0 atom stereocenters. The van der Waals surface area contributed by atoms with E-state index in [-0.39, 0.29) is 12.5 Å². The van der Waals surface area contributed by atoms with E-state index in [1.165, 1.54) is 0 Å². The summed E-state index contributed by atoms with van der Waals surface area (Å²) < 4.78 is 5.31. The number of rotatable bonds is 2. The molecule has 1 aromatic carbocycles. The van der Waals surface area contributed by atoms with Gasteiger partial charge in [0.2, 0.25) is 0 Å². The molecule has 1 amide bonds. The molecule has 0 saturated heterocycles. The Kier molecular flexibility index (Phi) is 2.63. The number of hydrogen-bond donors (Lipinski definition) is 0. The molecule has 1 aromatic rings. The summed E-state index contributed by atoms with van der Waals surface area (Å²) in [6, 6.07) is 7.61. The quantitative estimate of drug-likeness (QED) is 0.743. The Hall–Kier alpha value is -1.16. The SMILES string of the molecule is CSCN1C(=O)COc2ccccc21. The summed E-state index contributed by atoms with van der Waals surface area (Å²) in [6.45, 7) is 0.150. The van der Waals surface area contributed by atoms with E-state index in [9.17, 15) is 4.79 Å². The van der Waals surface area contributed by atoms with Gasteiger partial charge in [0.05, 0.1) is 11.6 Å². The van der Waals surface area contributed by atoms with E-state index < -0.39 is 0 Å². The molecule has 1 aliphatic heterocycles. The zero-order valence-corrected chi connectivity index (χ0v) is 8.71. The topological polar surface area (TPSA) is 29.5 Å². The summed E-state index contributed by atoms with van der Waals surface area (Å²) in [6.07, 6.45) is 1.98. The van der Waals surface area contributed by atoms with Gasteiger partial charge < -0.3 is 4.74 Å². The molecule has 1 aliphatic rings. The van der Waals surface area contributed by atoms with Gasteiger partial charge in [0, 0.05) is 0 Å². The molecule has 0 saturated carbocycles. The van der Waals surface area contributed by atoms with Gasteiger partial charge in [0.1, 0.15) is 5.75 Å². The number of carbonyl (C=O) groups is 1. The summed E-state index contributed by atoms with van der Waals surface area (Å²) in [4.78, 5) is 13.3. The second-order valence-electron chi connectivity index (χ2n) is 3.00. The van der Waals surface area contributed by atoms with Crippen LogP contribution in [-0.2, 0) is 4.79 Å². The molecule has 4 heteroatoms. The lowest BCUT2D eigenvalue weighted by atomic mass is 10.2. The molecule has 1 heterocycles. The van der Waals surface area contributed by atoms with Crippen LogP contribution in [0.3, 0.4) is 0 Å². The first-order valence-corrected chi connectivity index (χ1v) is 5.73. The van der Waals surface area contributed by atoms with Gasteiger partial charge in [-0.05, 0) is 18.4 Å². The summed E-state index contributed by atoms with van der Waals surface area (Å²) in [5, 5.41) is 0. The maximum absolute atomic E-state index is 11.5.